The van der Waals surface area contributed by atoms with E-state index in [1.54, 1.807) is 24.3 Å². The molecule has 0 amide bonds. The second-order valence-electron chi connectivity index (χ2n) is 5.50. The van der Waals surface area contributed by atoms with E-state index in [-0.39, 0.29) is 21.5 Å². The van der Waals surface area contributed by atoms with Crippen LogP contribution in [0.1, 0.15) is 0 Å². The Morgan fingerprint density at radius 1 is 1.00 bits per heavy atom. The second kappa shape index (κ2) is 7.35. The number of halogens is 2. The summed E-state index contributed by atoms with van der Waals surface area (Å²) in [4.78, 5) is 17.9. The van der Waals surface area contributed by atoms with E-state index in [1.807, 2.05) is 6.07 Å². The van der Waals surface area contributed by atoms with Crippen molar-refractivity contribution in [3.63, 3.8) is 0 Å². The highest BCUT2D eigenvalue weighted by Crippen LogP contribution is 2.42. The summed E-state index contributed by atoms with van der Waals surface area (Å²) in [6.07, 6.45) is -0.539. The molecule has 0 atom stereocenters. The van der Waals surface area contributed by atoms with Gasteiger partial charge in [-0.05, 0) is 24.3 Å². The number of phenols is 1. The van der Waals surface area contributed by atoms with Crippen LogP contribution in [-0.2, 0) is 4.57 Å². The third kappa shape index (κ3) is 4.23. The number of ether oxygens (including phenoxy) is 1. The lowest BCUT2D eigenvalue weighted by Crippen LogP contribution is -2.02. The van der Waals surface area contributed by atoms with Crippen LogP contribution < -0.4 is 10.1 Å². The Morgan fingerprint density at radius 2 is 1.62 bits per heavy atom. The van der Waals surface area contributed by atoms with Crippen LogP contribution in [0.2, 0.25) is 10.0 Å². The monoisotopic (exact) mass is 413 g/mol. The molecule has 26 heavy (non-hydrogen) atoms. The van der Waals surface area contributed by atoms with Crippen LogP contribution in [-0.4, -0.2) is 21.2 Å². The number of nitrogens with one attached hydrogen (secondary N) is 1. The van der Waals surface area contributed by atoms with Crippen LogP contribution in [0, 0.1) is 0 Å². The summed E-state index contributed by atoms with van der Waals surface area (Å²) in [5.74, 6) is 0.783. The molecule has 0 unspecified atom stereocenters. The lowest BCUT2D eigenvalue weighted by Gasteiger charge is -2.15. The Hall–Kier alpha value is -1.95. The molecule has 0 fully saturated rings. The summed E-state index contributed by atoms with van der Waals surface area (Å²) < 4.78 is 16.8. The number of rotatable bonds is 5. The molecule has 136 valence electrons. The maximum Gasteiger partial charge on any atom is 0.344 e. The van der Waals surface area contributed by atoms with Gasteiger partial charge in [0.15, 0.2) is 5.75 Å². The maximum atomic E-state index is 11.0. The maximum absolute atomic E-state index is 11.0. The Kier molecular flexibility index (Phi) is 5.32. The molecule has 3 rings (SSSR count). The zero-order chi connectivity index (χ0) is 18.9. The molecule has 0 saturated heterocycles. The van der Waals surface area contributed by atoms with E-state index >= 15 is 0 Å². The highest BCUT2D eigenvalue weighted by molar-refractivity contribution is 7.51. The van der Waals surface area contributed by atoms with Gasteiger partial charge in [0.2, 0.25) is 0 Å². The third-order valence-corrected chi connectivity index (χ3v) is 4.69. The molecule has 0 aliphatic heterocycles. The second-order valence-corrected chi connectivity index (χ2v) is 7.96. The summed E-state index contributed by atoms with van der Waals surface area (Å²) in [6.45, 7) is 0. The first-order chi connectivity index (χ1) is 12.2. The number of aromatic hydroxyl groups is 1. The van der Waals surface area contributed by atoms with E-state index in [1.165, 1.54) is 18.2 Å². The van der Waals surface area contributed by atoms with E-state index in [9.17, 15) is 9.67 Å². The molecule has 0 aromatic heterocycles. The zero-order valence-electron chi connectivity index (χ0n) is 13.2. The van der Waals surface area contributed by atoms with Crippen LogP contribution in [0.5, 0.6) is 17.2 Å². The molecule has 0 saturated carbocycles. The van der Waals surface area contributed by atoms with Crippen molar-refractivity contribution in [2.45, 2.75) is 0 Å². The van der Waals surface area contributed by atoms with Crippen molar-refractivity contribution >= 4 is 47.3 Å². The normalized spacial score (nSPS) is 11.5. The number of anilines is 1. The molecule has 9 heteroatoms. The average molecular weight is 414 g/mol. The van der Waals surface area contributed by atoms with Crippen LogP contribution in [0.15, 0.2) is 48.5 Å². The van der Waals surface area contributed by atoms with Crippen LogP contribution in [0.25, 0.3) is 10.8 Å². The summed E-state index contributed by atoms with van der Waals surface area (Å²) >= 11 is 12.4. The molecule has 0 aliphatic rings. The number of phenolic OH excluding ortho intramolecular Hbond substituents is 1. The smallest absolute Gasteiger partial charge is 0.344 e. The van der Waals surface area contributed by atoms with Crippen molar-refractivity contribution in [3.05, 3.63) is 58.6 Å². The fraction of sp³-hybridized carbons (Fsp3) is 0.0588. The SMILES string of the molecule is O=P(O)(O)CNc1cc(Cl)c(Oc2ccc(O)c3ccccc23)c(Cl)c1. The number of hydrogen-bond acceptors (Lipinski definition) is 4. The molecule has 4 N–H and O–H groups in total. The predicted octanol–water partition coefficient (Wildman–Crippen LogP) is 5.19. The lowest BCUT2D eigenvalue weighted by molar-refractivity contribution is 0.375. The third-order valence-electron chi connectivity index (χ3n) is 3.56. The molecular weight excluding hydrogens is 400 g/mol. The number of fused-ring (bicyclic) bond motifs is 1. The van der Waals surface area contributed by atoms with Gasteiger partial charge in [-0.2, -0.15) is 0 Å². The molecule has 6 nitrogen and oxygen atoms in total. The number of benzene rings is 3. The first-order valence-corrected chi connectivity index (χ1v) is 9.96. The average Bonchev–Trinajstić information content (AvgIpc) is 2.58. The molecule has 0 aliphatic carbocycles. The minimum Gasteiger partial charge on any atom is -0.507 e. The van der Waals surface area contributed by atoms with Gasteiger partial charge in [0, 0.05) is 16.5 Å². The fourth-order valence-electron chi connectivity index (χ4n) is 2.41. The van der Waals surface area contributed by atoms with E-state index in [4.69, 9.17) is 37.7 Å². The molecular formula is C17H14Cl2NO5P. The standard InChI is InChI=1S/C17H14Cl2NO5P/c18-13-7-10(20-9-26(22,23)24)8-14(19)17(13)25-16-6-5-15(21)11-3-1-2-4-12(11)16/h1-8,20-21H,9H2,(H2,22,23,24). The van der Waals surface area contributed by atoms with E-state index in [0.29, 0.717) is 22.2 Å². The Labute approximate surface area is 159 Å². The van der Waals surface area contributed by atoms with Gasteiger partial charge in [-0.15, -0.1) is 0 Å². The highest BCUT2D eigenvalue weighted by Gasteiger charge is 2.16. The first-order valence-electron chi connectivity index (χ1n) is 7.40. The first kappa shape index (κ1) is 18.8. The van der Waals surface area contributed by atoms with Gasteiger partial charge in [-0.3, -0.25) is 4.57 Å². The Morgan fingerprint density at radius 3 is 2.23 bits per heavy atom. The molecule has 0 heterocycles. The minimum absolute atomic E-state index is 0.127. The van der Waals surface area contributed by atoms with E-state index in [0.717, 1.165) is 0 Å². The van der Waals surface area contributed by atoms with Gasteiger partial charge in [-0.25, -0.2) is 0 Å². The summed E-state index contributed by atoms with van der Waals surface area (Å²) in [5.41, 5.74) is 0.353. The molecule has 3 aromatic carbocycles. The van der Waals surface area contributed by atoms with Crippen molar-refractivity contribution < 1.29 is 24.2 Å². The van der Waals surface area contributed by atoms with E-state index in [2.05, 4.69) is 5.32 Å². The molecule has 0 radical (unpaired) electrons. The van der Waals surface area contributed by atoms with Crippen molar-refractivity contribution in [1.82, 2.24) is 0 Å². The Balaban J connectivity index is 1.94. The fourth-order valence-corrected chi connectivity index (χ4v) is 3.36. The molecule has 0 spiro atoms. The van der Waals surface area contributed by atoms with Gasteiger partial charge in [0.05, 0.1) is 10.0 Å². The van der Waals surface area contributed by atoms with Gasteiger partial charge >= 0.3 is 7.60 Å². The van der Waals surface area contributed by atoms with Crippen molar-refractivity contribution in [1.29, 1.82) is 0 Å². The van der Waals surface area contributed by atoms with Crippen molar-refractivity contribution in [3.8, 4) is 17.2 Å². The largest absolute Gasteiger partial charge is 0.507 e. The highest BCUT2D eigenvalue weighted by atomic mass is 35.5. The topological polar surface area (TPSA) is 99.0 Å². The Bertz CT molecular complexity index is 998. The number of hydrogen-bond donors (Lipinski definition) is 4. The molecule has 0 bridgehead atoms. The van der Waals surface area contributed by atoms with Crippen LogP contribution in [0.3, 0.4) is 0 Å². The van der Waals surface area contributed by atoms with Gasteiger partial charge in [-0.1, -0.05) is 47.5 Å². The lowest BCUT2D eigenvalue weighted by atomic mass is 10.1. The quantitative estimate of drug-likeness (QED) is 0.429. The summed E-state index contributed by atoms with van der Waals surface area (Å²) in [5, 5.41) is 14.2. The van der Waals surface area contributed by atoms with Crippen molar-refractivity contribution in [2.24, 2.45) is 0 Å². The molecule has 3 aromatic rings. The summed E-state index contributed by atoms with van der Waals surface area (Å²) in [7, 11) is -4.21. The van der Waals surface area contributed by atoms with E-state index < -0.39 is 13.9 Å². The van der Waals surface area contributed by atoms with Gasteiger partial charge < -0.3 is 24.9 Å². The van der Waals surface area contributed by atoms with Gasteiger partial charge in [0.25, 0.3) is 0 Å². The van der Waals surface area contributed by atoms with Crippen LogP contribution in [0.4, 0.5) is 5.69 Å². The van der Waals surface area contributed by atoms with Crippen LogP contribution >= 0.6 is 30.8 Å². The minimum atomic E-state index is -4.21. The van der Waals surface area contributed by atoms with Crippen molar-refractivity contribution in [2.75, 3.05) is 11.6 Å². The summed E-state index contributed by atoms with van der Waals surface area (Å²) in [6, 6.07) is 13.2. The predicted molar refractivity (Wildman–Crippen MR) is 103 cm³/mol. The zero-order valence-corrected chi connectivity index (χ0v) is 15.6. The van der Waals surface area contributed by atoms with Gasteiger partial charge in [0.1, 0.15) is 17.8 Å².